The lowest BCUT2D eigenvalue weighted by atomic mass is 9.91. The van der Waals surface area contributed by atoms with Crippen molar-refractivity contribution in [3.05, 3.63) is 30.3 Å². The summed E-state index contributed by atoms with van der Waals surface area (Å²) >= 11 is 0. The molecule has 1 aliphatic rings. The zero-order valence-electron chi connectivity index (χ0n) is 16.0. The van der Waals surface area contributed by atoms with E-state index in [2.05, 4.69) is 10.0 Å². The highest BCUT2D eigenvalue weighted by molar-refractivity contribution is 7.89. The molecule has 1 aromatic carbocycles. The summed E-state index contributed by atoms with van der Waals surface area (Å²) in [6.45, 7) is 4.08. The molecule has 1 aliphatic heterocycles. The minimum Gasteiger partial charge on any atom is -0.381 e. The first-order valence-electron chi connectivity index (χ1n) is 9.22. The fraction of sp³-hybridized carbons (Fsp3) is 0.526. The maximum Gasteiger partial charge on any atom is 0.287 e. The van der Waals surface area contributed by atoms with Gasteiger partial charge in [0.05, 0.1) is 23.5 Å². The minimum atomic E-state index is -3.90. The second-order valence-electron chi connectivity index (χ2n) is 7.07. The van der Waals surface area contributed by atoms with E-state index in [-0.39, 0.29) is 23.8 Å². The van der Waals surface area contributed by atoms with Gasteiger partial charge in [-0.15, -0.1) is 0 Å². The van der Waals surface area contributed by atoms with Crippen LogP contribution in [-0.4, -0.2) is 51.7 Å². The van der Waals surface area contributed by atoms with Gasteiger partial charge in [-0.25, -0.2) is 13.1 Å². The van der Waals surface area contributed by atoms with Gasteiger partial charge >= 0.3 is 0 Å². The first kappa shape index (κ1) is 22.2. The van der Waals surface area contributed by atoms with Crippen molar-refractivity contribution in [2.75, 3.05) is 19.8 Å². The Morgan fingerprint density at radius 2 is 1.93 bits per heavy atom. The number of sulfonamides is 1. The molecule has 2 N–H and O–H groups in total. The molecule has 1 heterocycles. The Labute approximate surface area is 165 Å². The molecule has 0 aliphatic carbocycles. The number of Topliss-reactive ketones (excluding diaryl/α,β-unsaturated/α-hetero) is 2. The van der Waals surface area contributed by atoms with Gasteiger partial charge in [-0.05, 0) is 24.5 Å². The molecule has 1 amide bonds. The SMILES string of the molecule is CC(C)C(NS(=O)(=O)c1ccccc1)C(=O)CC1COCCCNC(=O)C1=O. The van der Waals surface area contributed by atoms with Crippen LogP contribution >= 0.6 is 0 Å². The fourth-order valence-corrected chi connectivity index (χ4v) is 4.27. The van der Waals surface area contributed by atoms with Crippen LogP contribution in [0.15, 0.2) is 35.2 Å². The number of hydrogen-bond acceptors (Lipinski definition) is 6. The number of ketones is 2. The van der Waals surface area contributed by atoms with Gasteiger partial charge in [-0.1, -0.05) is 32.0 Å². The van der Waals surface area contributed by atoms with Gasteiger partial charge in [0.2, 0.25) is 15.8 Å². The van der Waals surface area contributed by atoms with Gasteiger partial charge in [-0.2, -0.15) is 0 Å². The number of carbonyl (C=O) groups is 3. The fourth-order valence-electron chi connectivity index (χ4n) is 2.88. The van der Waals surface area contributed by atoms with Crippen molar-refractivity contribution in [3.63, 3.8) is 0 Å². The van der Waals surface area contributed by atoms with Crippen LogP contribution in [0.4, 0.5) is 0 Å². The summed E-state index contributed by atoms with van der Waals surface area (Å²) in [6.07, 6.45) is 0.303. The number of rotatable bonds is 7. The van der Waals surface area contributed by atoms with Crippen LogP contribution in [0.25, 0.3) is 0 Å². The first-order chi connectivity index (χ1) is 13.2. The average Bonchev–Trinajstić information content (AvgIpc) is 2.73. The topological polar surface area (TPSA) is 119 Å². The van der Waals surface area contributed by atoms with Gasteiger partial charge in [0.1, 0.15) is 0 Å². The van der Waals surface area contributed by atoms with E-state index in [9.17, 15) is 22.8 Å². The number of amides is 1. The molecule has 0 radical (unpaired) electrons. The van der Waals surface area contributed by atoms with E-state index in [0.717, 1.165) is 0 Å². The van der Waals surface area contributed by atoms with Crippen LogP contribution in [0.5, 0.6) is 0 Å². The maximum atomic E-state index is 12.8. The molecule has 0 saturated carbocycles. The lowest BCUT2D eigenvalue weighted by Crippen LogP contribution is -2.46. The van der Waals surface area contributed by atoms with E-state index < -0.39 is 39.5 Å². The minimum absolute atomic E-state index is 0.0474. The van der Waals surface area contributed by atoms with Crippen molar-refractivity contribution in [2.24, 2.45) is 11.8 Å². The third-order valence-corrected chi connectivity index (χ3v) is 5.92. The van der Waals surface area contributed by atoms with Gasteiger partial charge in [0.25, 0.3) is 5.91 Å². The Morgan fingerprint density at radius 3 is 2.57 bits per heavy atom. The van der Waals surface area contributed by atoms with Crippen LogP contribution in [0.2, 0.25) is 0 Å². The highest BCUT2D eigenvalue weighted by atomic mass is 32.2. The van der Waals surface area contributed by atoms with Crippen molar-refractivity contribution in [1.82, 2.24) is 10.0 Å². The standard InChI is InChI=1S/C19H26N2O6S/c1-13(2)17(21-28(25,26)15-7-4-3-5-8-15)16(22)11-14-12-27-10-6-9-20-19(24)18(14)23/h3-5,7-8,13-14,17,21H,6,9-12H2,1-2H3,(H,20,24). The molecule has 2 unspecified atom stereocenters. The van der Waals surface area contributed by atoms with E-state index >= 15 is 0 Å². The Morgan fingerprint density at radius 1 is 1.25 bits per heavy atom. The van der Waals surface area contributed by atoms with E-state index in [1.165, 1.54) is 12.1 Å². The van der Waals surface area contributed by atoms with E-state index in [0.29, 0.717) is 19.6 Å². The molecule has 8 nitrogen and oxygen atoms in total. The van der Waals surface area contributed by atoms with Crippen LogP contribution in [0.1, 0.15) is 26.7 Å². The number of benzene rings is 1. The highest BCUT2D eigenvalue weighted by Crippen LogP contribution is 2.17. The second-order valence-corrected chi connectivity index (χ2v) is 8.79. The third-order valence-electron chi connectivity index (χ3n) is 4.46. The van der Waals surface area contributed by atoms with Crippen molar-refractivity contribution in [1.29, 1.82) is 0 Å². The summed E-state index contributed by atoms with van der Waals surface area (Å²) in [7, 11) is -3.90. The van der Waals surface area contributed by atoms with Crippen LogP contribution in [0.3, 0.4) is 0 Å². The molecule has 1 saturated heterocycles. The zero-order valence-corrected chi connectivity index (χ0v) is 16.8. The molecule has 154 valence electrons. The smallest absolute Gasteiger partial charge is 0.287 e. The normalized spacial score (nSPS) is 20.0. The molecular weight excluding hydrogens is 384 g/mol. The van der Waals surface area contributed by atoms with Crippen molar-refractivity contribution < 1.29 is 27.5 Å². The summed E-state index contributed by atoms with van der Waals surface area (Å²) in [5, 5.41) is 2.50. The summed E-state index contributed by atoms with van der Waals surface area (Å²) < 4.78 is 33.0. The number of carbonyl (C=O) groups excluding carboxylic acids is 3. The van der Waals surface area contributed by atoms with E-state index in [1.807, 2.05) is 0 Å². The van der Waals surface area contributed by atoms with Crippen molar-refractivity contribution >= 4 is 27.5 Å². The zero-order chi connectivity index (χ0) is 20.7. The number of nitrogens with one attached hydrogen (secondary N) is 2. The number of ether oxygens (including phenoxy) is 1. The Bertz CT molecular complexity index is 807. The molecule has 2 atom stereocenters. The van der Waals surface area contributed by atoms with Crippen LogP contribution < -0.4 is 10.0 Å². The molecule has 0 bridgehead atoms. The van der Waals surface area contributed by atoms with Crippen molar-refractivity contribution in [3.8, 4) is 0 Å². The van der Waals surface area contributed by atoms with Crippen LogP contribution in [-0.2, 0) is 29.1 Å². The number of hydrogen-bond donors (Lipinski definition) is 2. The van der Waals surface area contributed by atoms with E-state index in [1.54, 1.807) is 32.0 Å². The Kier molecular flexibility index (Phi) is 7.85. The molecule has 28 heavy (non-hydrogen) atoms. The maximum absolute atomic E-state index is 12.8. The van der Waals surface area contributed by atoms with Gasteiger partial charge in [-0.3, -0.25) is 14.4 Å². The lowest BCUT2D eigenvalue weighted by Gasteiger charge is -2.23. The molecule has 1 fully saturated rings. The molecule has 9 heteroatoms. The molecule has 0 spiro atoms. The van der Waals surface area contributed by atoms with Gasteiger partial charge < -0.3 is 10.1 Å². The van der Waals surface area contributed by atoms with Gasteiger partial charge in [0, 0.05) is 19.6 Å². The van der Waals surface area contributed by atoms with Gasteiger partial charge in [0.15, 0.2) is 5.78 Å². The molecule has 1 aromatic rings. The quantitative estimate of drug-likeness (QED) is 0.638. The average molecular weight is 410 g/mol. The summed E-state index contributed by atoms with van der Waals surface area (Å²) in [5.41, 5.74) is 0. The first-order valence-corrected chi connectivity index (χ1v) is 10.7. The predicted octanol–water partition coefficient (Wildman–Crippen LogP) is 0.671. The molecule has 2 rings (SSSR count). The predicted molar refractivity (Wildman–Crippen MR) is 102 cm³/mol. The van der Waals surface area contributed by atoms with E-state index in [4.69, 9.17) is 4.74 Å². The summed E-state index contributed by atoms with van der Waals surface area (Å²) in [4.78, 5) is 37.1. The monoisotopic (exact) mass is 410 g/mol. The lowest BCUT2D eigenvalue weighted by molar-refractivity contribution is -0.142. The largest absolute Gasteiger partial charge is 0.381 e. The summed E-state index contributed by atoms with van der Waals surface area (Å²) in [6, 6.07) is 6.72. The second kappa shape index (κ2) is 9.90. The Balaban J connectivity index is 2.15. The van der Waals surface area contributed by atoms with Crippen LogP contribution in [0, 0.1) is 11.8 Å². The third kappa shape index (κ3) is 5.95. The molecule has 0 aromatic heterocycles. The molecular formula is C19H26N2O6S. The Hall–Kier alpha value is -2.10. The van der Waals surface area contributed by atoms with Crippen molar-refractivity contribution in [2.45, 2.75) is 37.6 Å². The highest BCUT2D eigenvalue weighted by Gasteiger charge is 2.34. The summed E-state index contributed by atoms with van der Waals surface area (Å²) in [5.74, 6) is -3.19.